The van der Waals surface area contributed by atoms with Crippen molar-refractivity contribution in [2.75, 3.05) is 33.4 Å². The highest BCUT2D eigenvalue weighted by atomic mass is 16.5. The lowest BCUT2D eigenvalue weighted by Gasteiger charge is -2.22. The third-order valence-electron chi connectivity index (χ3n) is 5.12. The van der Waals surface area contributed by atoms with E-state index in [-0.39, 0.29) is 0 Å². The van der Waals surface area contributed by atoms with Gasteiger partial charge in [-0.25, -0.2) is 4.99 Å². The molecule has 0 bridgehead atoms. The van der Waals surface area contributed by atoms with Crippen molar-refractivity contribution >= 4 is 5.96 Å². The zero-order chi connectivity index (χ0) is 19.1. The molecule has 2 heterocycles. The lowest BCUT2D eigenvalue weighted by atomic mass is 9.99. The molecule has 1 aromatic carbocycles. The summed E-state index contributed by atoms with van der Waals surface area (Å²) < 4.78 is 7.15. The number of guanidine groups is 1. The van der Waals surface area contributed by atoms with Gasteiger partial charge in [0.05, 0.1) is 0 Å². The fourth-order valence-electron chi connectivity index (χ4n) is 3.37. The highest BCUT2D eigenvalue weighted by Crippen LogP contribution is 2.26. The van der Waals surface area contributed by atoms with Crippen molar-refractivity contribution in [2.45, 2.75) is 32.2 Å². The second kappa shape index (κ2) is 9.50. The quantitative estimate of drug-likeness (QED) is 0.459. The molecule has 27 heavy (non-hydrogen) atoms. The van der Waals surface area contributed by atoms with E-state index in [1.807, 2.05) is 18.5 Å². The van der Waals surface area contributed by atoms with E-state index in [4.69, 9.17) is 9.73 Å². The van der Waals surface area contributed by atoms with Gasteiger partial charge in [0.1, 0.15) is 12.4 Å². The summed E-state index contributed by atoms with van der Waals surface area (Å²) in [4.78, 5) is 7.20. The van der Waals surface area contributed by atoms with Gasteiger partial charge in [-0.1, -0.05) is 30.3 Å². The summed E-state index contributed by atoms with van der Waals surface area (Å²) in [6.45, 7) is 6.06. The summed E-state index contributed by atoms with van der Waals surface area (Å²) in [6, 6.07) is 10.8. The van der Waals surface area contributed by atoms with Gasteiger partial charge in [0.15, 0.2) is 11.8 Å². The van der Waals surface area contributed by atoms with Crippen molar-refractivity contribution in [3.05, 3.63) is 47.5 Å². The van der Waals surface area contributed by atoms with Gasteiger partial charge in [0, 0.05) is 46.3 Å². The molecule has 1 unspecified atom stereocenters. The van der Waals surface area contributed by atoms with Crippen molar-refractivity contribution in [2.24, 2.45) is 12.0 Å². The minimum atomic E-state index is 0.524. The first-order valence-electron chi connectivity index (χ1n) is 9.61. The lowest BCUT2D eigenvalue weighted by Crippen LogP contribution is -2.40. The number of likely N-dealkylation sites (tertiary alicyclic amines) is 1. The number of methoxy groups -OCH3 is 1. The number of hydrogen-bond acceptors (Lipinski definition) is 4. The molecule has 0 aliphatic carbocycles. The maximum atomic E-state index is 5.16. The summed E-state index contributed by atoms with van der Waals surface area (Å²) in [6.07, 6.45) is 2.10. The number of aryl methyl sites for hydroxylation is 1. The summed E-state index contributed by atoms with van der Waals surface area (Å²) in [5.41, 5.74) is 1.41. The third-order valence-corrected chi connectivity index (χ3v) is 5.12. The van der Waals surface area contributed by atoms with E-state index in [9.17, 15) is 0 Å². The number of aromatic nitrogens is 3. The molecule has 3 rings (SSSR count). The summed E-state index contributed by atoms with van der Waals surface area (Å²) in [5.74, 6) is 3.28. The van der Waals surface area contributed by atoms with Gasteiger partial charge in [0.25, 0.3) is 0 Å². The first-order chi connectivity index (χ1) is 13.2. The molecule has 0 amide bonds. The van der Waals surface area contributed by atoms with Gasteiger partial charge in [-0.3, -0.25) is 0 Å². The Morgan fingerprint density at radius 3 is 2.81 bits per heavy atom. The molecule has 0 spiro atoms. The molecule has 1 aromatic heterocycles. The van der Waals surface area contributed by atoms with Crippen LogP contribution in [-0.4, -0.2) is 59.0 Å². The van der Waals surface area contributed by atoms with E-state index in [0.29, 0.717) is 12.5 Å². The molecule has 2 aromatic rings. The second-order valence-corrected chi connectivity index (χ2v) is 6.98. The average Bonchev–Trinajstić information content (AvgIpc) is 3.30. The highest BCUT2D eigenvalue weighted by molar-refractivity contribution is 5.80. The van der Waals surface area contributed by atoms with Crippen LogP contribution in [0.5, 0.6) is 0 Å². The van der Waals surface area contributed by atoms with Crippen LogP contribution in [0.3, 0.4) is 0 Å². The number of nitrogens with one attached hydrogen (secondary N) is 1. The number of benzene rings is 1. The molecule has 0 radical (unpaired) electrons. The van der Waals surface area contributed by atoms with Crippen molar-refractivity contribution in [3.8, 4) is 0 Å². The maximum Gasteiger partial charge on any atom is 0.194 e. The largest absolute Gasteiger partial charge is 0.385 e. The maximum absolute atomic E-state index is 5.16. The molecular formula is C20H30N6O. The molecule has 7 heteroatoms. The SMILES string of the molecule is COCCCNC(=NCc1nnc(C)n1C)N1CCC(c2ccccc2)C1. The third kappa shape index (κ3) is 5.07. The molecule has 1 fully saturated rings. The Hall–Kier alpha value is -2.41. The Labute approximate surface area is 161 Å². The standard InChI is InChI=1S/C20H30N6O/c1-16-23-24-19(25(16)2)14-22-20(21-11-7-13-27-3)26-12-10-18(15-26)17-8-5-4-6-9-17/h4-6,8-9,18H,7,10-15H2,1-3H3,(H,21,22). The van der Waals surface area contributed by atoms with E-state index in [0.717, 1.165) is 56.7 Å². The number of ether oxygens (including phenoxy) is 1. The molecule has 146 valence electrons. The first-order valence-corrected chi connectivity index (χ1v) is 9.61. The van der Waals surface area contributed by atoms with Gasteiger partial charge in [-0.15, -0.1) is 10.2 Å². The topological polar surface area (TPSA) is 67.6 Å². The summed E-state index contributed by atoms with van der Waals surface area (Å²) >= 11 is 0. The fourth-order valence-corrected chi connectivity index (χ4v) is 3.37. The van der Waals surface area contributed by atoms with Crippen LogP contribution >= 0.6 is 0 Å². The van der Waals surface area contributed by atoms with E-state index in [1.54, 1.807) is 7.11 Å². The zero-order valence-electron chi connectivity index (χ0n) is 16.6. The molecule has 1 atom stereocenters. The van der Waals surface area contributed by atoms with Crippen molar-refractivity contribution in [1.82, 2.24) is 25.0 Å². The van der Waals surface area contributed by atoms with Crippen LogP contribution in [0.1, 0.15) is 36.0 Å². The average molecular weight is 371 g/mol. The van der Waals surface area contributed by atoms with Crippen LogP contribution in [0.25, 0.3) is 0 Å². The highest BCUT2D eigenvalue weighted by Gasteiger charge is 2.26. The number of aliphatic imine (C=N–C) groups is 1. The zero-order valence-corrected chi connectivity index (χ0v) is 16.6. The predicted molar refractivity (Wildman–Crippen MR) is 107 cm³/mol. The van der Waals surface area contributed by atoms with Gasteiger partial charge in [-0.2, -0.15) is 0 Å². The Bertz CT molecular complexity index is 742. The summed E-state index contributed by atoms with van der Waals surface area (Å²) in [5, 5.41) is 11.9. The molecule has 1 aliphatic heterocycles. The van der Waals surface area contributed by atoms with Crippen LogP contribution in [0.15, 0.2) is 35.3 Å². The van der Waals surface area contributed by atoms with Crippen molar-refractivity contribution in [3.63, 3.8) is 0 Å². The molecular weight excluding hydrogens is 340 g/mol. The number of nitrogens with zero attached hydrogens (tertiary/aromatic N) is 5. The van der Waals surface area contributed by atoms with Crippen LogP contribution in [0.4, 0.5) is 0 Å². The Balaban J connectivity index is 1.67. The minimum Gasteiger partial charge on any atom is -0.385 e. The first kappa shape index (κ1) is 19.4. The monoisotopic (exact) mass is 370 g/mol. The normalized spacial score (nSPS) is 17.5. The molecule has 7 nitrogen and oxygen atoms in total. The minimum absolute atomic E-state index is 0.524. The van der Waals surface area contributed by atoms with Gasteiger partial charge in [-0.05, 0) is 25.3 Å². The summed E-state index contributed by atoms with van der Waals surface area (Å²) in [7, 11) is 3.71. The molecule has 0 saturated carbocycles. The van der Waals surface area contributed by atoms with E-state index in [1.165, 1.54) is 5.56 Å². The van der Waals surface area contributed by atoms with Crippen LogP contribution in [-0.2, 0) is 18.3 Å². The number of hydrogen-bond donors (Lipinski definition) is 1. The lowest BCUT2D eigenvalue weighted by molar-refractivity contribution is 0.195. The van der Waals surface area contributed by atoms with E-state index >= 15 is 0 Å². The van der Waals surface area contributed by atoms with Gasteiger partial charge >= 0.3 is 0 Å². The van der Waals surface area contributed by atoms with Gasteiger partial charge < -0.3 is 19.5 Å². The molecule has 1 aliphatic rings. The fraction of sp³-hybridized carbons (Fsp3) is 0.550. The molecule has 1 saturated heterocycles. The van der Waals surface area contributed by atoms with Crippen molar-refractivity contribution in [1.29, 1.82) is 0 Å². The molecule has 1 N–H and O–H groups in total. The van der Waals surface area contributed by atoms with Crippen LogP contribution in [0.2, 0.25) is 0 Å². The van der Waals surface area contributed by atoms with Gasteiger partial charge in [0.2, 0.25) is 0 Å². The van der Waals surface area contributed by atoms with E-state index < -0.39 is 0 Å². The Kier molecular flexibility index (Phi) is 6.81. The Morgan fingerprint density at radius 1 is 1.30 bits per heavy atom. The Morgan fingerprint density at radius 2 is 2.11 bits per heavy atom. The smallest absolute Gasteiger partial charge is 0.194 e. The number of rotatable bonds is 7. The van der Waals surface area contributed by atoms with Crippen LogP contribution < -0.4 is 5.32 Å². The second-order valence-electron chi connectivity index (χ2n) is 6.98. The van der Waals surface area contributed by atoms with Crippen LogP contribution in [0, 0.1) is 6.92 Å². The van der Waals surface area contributed by atoms with Crippen molar-refractivity contribution < 1.29 is 4.74 Å². The predicted octanol–water partition coefficient (Wildman–Crippen LogP) is 2.10. The van der Waals surface area contributed by atoms with E-state index in [2.05, 4.69) is 50.7 Å².